The van der Waals surface area contributed by atoms with E-state index in [-0.39, 0.29) is 0 Å². The van der Waals surface area contributed by atoms with Crippen molar-refractivity contribution in [2.45, 2.75) is 0 Å². The Kier molecular flexibility index (Phi) is 17.4. The van der Waals surface area contributed by atoms with Crippen LogP contribution < -0.4 is 5.46 Å². The second-order valence-electron chi connectivity index (χ2n) is 26.9. The molecule has 0 aliphatic carbocycles. The number of rotatable bonds is 10. The van der Waals surface area contributed by atoms with Crippen LogP contribution in [0, 0.1) is 0 Å². The Morgan fingerprint density at radius 2 is 0.453 bits per heavy atom. The van der Waals surface area contributed by atoms with Gasteiger partial charge in [0.2, 0.25) is 0 Å². The molecule has 0 radical (unpaired) electrons. The first-order chi connectivity index (χ1) is 52.4. The molecule has 500 valence electrons. The molecule has 20 aromatic rings. The maximum absolute atomic E-state index is 9.05. The summed E-state index contributed by atoms with van der Waals surface area (Å²) in [4.78, 5) is 0. The number of hydrogen-bond acceptors (Lipinski definition) is 2. The number of hydrogen-bond donors (Lipinski definition) is 2. The van der Waals surface area contributed by atoms with Crippen LogP contribution in [-0.4, -0.2) is 26.3 Å². The second kappa shape index (κ2) is 28.4. The SMILES string of the molecule is Brc1ccc2c(c1)c1ccccc1n2-c1ccc(-c2c3ccccc3c(-c3ccccc3)c3ccccc23)cc1.OB(O)c1cccc(-c2ccccc2)c1.c1ccc(-c2cccc(-c3ccc4c(c3)c3ccccc3n4-c3ccc(-c4c5ccccc5c(-c5ccccc5)c5ccccc45)cc3)c2)cc1. The molecule has 0 saturated heterocycles. The van der Waals surface area contributed by atoms with E-state index in [1.54, 1.807) is 12.1 Å². The van der Waals surface area contributed by atoms with Crippen LogP contribution in [0.1, 0.15) is 0 Å². The highest BCUT2D eigenvalue weighted by Crippen LogP contribution is 2.47. The molecular weight excluding hydrogens is 1350 g/mol. The van der Waals surface area contributed by atoms with E-state index in [1.807, 2.05) is 42.5 Å². The largest absolute Gasteiger partial charge is 0.488 e. The summed E-state index contributed by atoms with van der Waals surface area (Å²) in [6, 6.07) is 143. The zero-order valence-electron chi connectivity index (χ0n) is 57.8. The lowest BCUT2D eigenvalue weighted by atomic mass is 9.79. The summed E-state index contributed by atoms with van der Waals surface area (Å²) in [5.41, 5.74) is 24.7. The number of benzene rings is 18. The van der Waals surface area contributed by atoms with Crippen molar-refractivity contribution < 1.29 is 10.0 Å². The minimum Gasteiger partial charge on any atom is -0.423 e. The predicted octanol–water partition coefficient (Wildman–Crippen LogP) is 26.0. The van der Waals surface area contributed by atoms with Crippen LogP contribution in [0.25, 0.3) is 176 Å². The van der Waals surface area contributed by atoms with Gasteiger partial charge in [0.25, 0.3) is 0 Å². The van der Waals surface area contributed by atoms with Gasteiger partial charge in [0.1, 0.15) is 0 Å². The fourth-order valence-electron chi connectivity index (χ4n) is 15.9. The standard InChI is InChI=1S/C50H33N.C38H24BrN.C12H11BO2/c1-3-14-34(15-4-1)37-18-13-19-38(32-37)39-28-31-48-46(33-39)41-20-11-12-25-47(41)51(48)40-29-26-36(27-30-40)50-44-23-9-7-21-42(44)49(35-16-5-2-6-17-35)43-22-8-10-24-45(43)50;39-27-20-23-36-34(24-27)29-12-8-9-17-35(29)40(36)28-21-18-26(19-22-28)38-32-15-6-4-13-30(32)37(25-10-2-1-3-11-25)31-14-5-7-16-33(31)38;14-13(15)12-8-4-7-11(9-12)10-5-2-1-3-6-10/h1-33H;1-24H;1-9,14-15H. The van der Waals surface area contributed by atoms with Crippen molar-refractivity contribution in [2.75, 3.05) is 0 Å². The fourth-order valence-corrected chi connectivity index (χ4v) is 16.3. The molecule has 2 aromatic heterocycles. The quantitative estimate of drug-likeness (QED) is 0.106. The van der Waals surface area contributed by atoms with E-state index in [4.69, 9.17) is 10.0 Å². The van der Waals surface area contributed by atoms with Crippen LogP contribution in [0.15, 0.2) is 405 Å². The molecule has 0 fully saturated rings. The Bertz CT molecular complexity index is 6540. The minimum atomic E-state index is -1.41. The smallest absolute Gasteiger partial charge is 0.423 e. The second-order valence-corrected chi connectivity index (χ2v) is 27.8. The molecule has 18 aromatic carbocycles. The van der Waals surface area contributed by atoms with Crippen molar-refractivity contribution in [2.24, 2.45) is 0 Å². The van der Waals surface area contributed by atoms with Crippen molar-refractivity contribution in [3.8, 4) is 89.3 Å². The monoisotopic (exact) mass is 1420 g/mol. The molecular formula is C100H68BBrN2O2. The molecule has 6 heteroatoms. The summed E-state index contributed by atoms with van der Waals surface area (Å²) >= 11 is 3.67. The van der Waals surface area contributed by atoms with Gasteiger partial charge in [0.05, 0.1) is 22.1 Å². The van der Waals surface area contributed by atoms with Crippen LogP contribution in [0.4, 0.5) is 0 Å². The Balaban J connectivity index is 0.000000128. The molecule has 0 unspecified atom stereocenters. The summed E-state index contributed by atoms with van der Waals surface area (Å²) < 4.78 is 5.87. The first-order valence-electron chi connectivity index (χ1n) is 36.0. The normalized spacial score (nSPS) is 11.3. The lowest BCUT2D eigenvalue weighted by Crippen LogP contribution is -2.29. The van der Waals surface area contributed by atoms with Crippen molar-refractivity contribution >= 4 is 115 Å². The van der Waals surface area contributed by atoms with Crippen LogP contribution in [0.3, 0.4) is 0 Å². The topological polar surface area (TPSA) is 50.3 Å². The third-order valence-corrected chi connectivity index (χ3v) is 21.2. The fraction of sp³-hybridized carbons (Fsp3) is 0. The van der Waals surface area contributed by atoms with Crippen LogP contribution >= 0.6 is 15.9 Å². The van der Waals surface area contributed by atoms with Crippen LogP contribution in [0.2, 0.25) is 0 Å². The maximum Gasteiger partial charge on any atom is 0.488 e. The molecule has 20 rings (SSSR count). The van der Waals surface area contributed by atoms with E-state index < -0.39 is 7.12 Å². The van der Waals surface area contributed by atoms with Crippen LogP contribution in [-0.2, 0) is 0 Å². The lowest BCUT2D eigenvalue weighted by molar-refractivity contribution is 0.426. The molecule has 0 amide bonds. The van der Waals surface area contributed by atoms with Gasteiger partial charge in [-0.1, -0.05) is 344 Å². The van der Waals surface area contributed by atoms with Crippen molar-refractivity contribution in [3.63, 3.8) is 0 Å². The zero-order valence-corrected chi connectivity index (χ0v) is 59.4. The van der Waals surface area contributed by atoms with E-state index in [9.17, 15) is 0 Å². The van der Waals surface area contributed by atoms with E-state index in [0.29, 0.717) is 5.46 Å². The Morgan fingerprint density at radius 1 is 0.189 bits per heavy atom. The van der Waals surface area contributed by atoms with Crippen molar-refractivity contribution in [3.05, 3.63) is 405 Å². The van der Waals surface area contributed by atoms with Gasteiger partial charge < -0.3 is 19.2 Å². The van der Waals surface area contributed by atoms with E-state index in [2.05, 4.69) is 371 Å². The number of para-hydroxylation sites is 2. The zero-order chi connectivity index (χ0) is 71.0. The Morgan fingerprint density at radius 3 is 0.840 bits per heavy atom. The number of aromatic nitrogens is 2. The van der Waals surface area contributed by atoms with Gasteiger partial charge in [-0.2, -0.15) is 0 Å². The van der Waals surface area contributed by atoms with Crippen LogP contribution in [0.5, 0.6) is 0 Å². The molecule has 2 heterocycles. The third-order valence-electron chi connectivity index (χ3n) is 20.7. The molecule has 2 N–H and O–H groups in total. The molecule has 0 aliphatic heterocycles. The molecule has 0 saturated carbocycles. The summed E-state index contributed by atoms with van der Waals surface area (Å²) in [5.74, 6) is 0. The number of nitrogens with zero attached hydrogens (tertiary/aromatic N) is 2. The Labute approximate surface area is 624 Å². The van der Waals surface area contributed by atoms with E-state index in [0.717, 1.165) is 27.0 Å². The average molecular weight is 1420 g/mol. The summed E-state index contributed by atoms with van der Waals surface area (Å²) in [7, 11) is -1.41. The summed E-state index contributed by atoms with van der Waals surface area (Å²) in [6.45, 7) is 0. The molecule has 106 heavy (non-hydrogen) atoms. The maximum atomic E-state index is 9.05. The third kappa shape index (κ3) is 12.1. The molecule has 0 spiro atoms. The van der Waals surface area contributed by atoms with Gasteiger partial charge in [0, 0.05) is 37.4 Å². The molecule has 0 atom stereocenters. The van der Waals surface area contributed by atoms with Gasteiger partial charge in [0.15, 0.2) is 0 Å². The predicted molar refractivity (Wildman–Crippen MR) is 454 cm³/mol. The molecule has 4 nitrogen and oxygen atoms in total. The Hall–Kier alpha value is -12.9. The highest BCUT2D eigenvalue weighted by atomic mass is 79.9. The van der Waals surface area contributed by atoms with Crippen molar-refractivity contribution in [1.82, 2.24) is 9.13 Å². The minimum absolute atomic E-state index is 0.511. The van der Waals surface area contributed by atoms with E-state index in [1.165, 1.54) is 153 Å². The summed E-state index contributed by atoms with van der Waals surface area (Å²) in [6.07, 6.45) is 0. The van der Waals surface area contributed by atoms with Gasteiger partial charge in [-0.05, 0) is 199 Å². The lowest BCUT2D eigenvalue weighted by Gasteiger charge is -2.18. The highest BCUT2D eigenvalue weighted by molar-refractivity contribution is 9.10. The summed E-state index contributed by atoms with van der Waals surface area (Å²) in [5, 5.41) is 33.3. The number of fused-ring (bicyclic) bond motifs is 10. The number of halogens is 1. The van der Waals surface area contributed by atoms with Gasteiger partial charge in [-0.25, -0.2) is 0 Å². The van der Waals surface area contributed by atoms with Gasteiger partial charge in [-0.3, -0.25) is 0 Å². The first kappa shape index (κ1) is 65.1. The molecule has 0 bridgehead atoms. The van der Waals surface area contributed by atoms with E-state index >= 15 is 0 Å². The average Bonchev–Trinajstić information content (AvgIpc) is 0.857. The molecule has 0 aliphatic rings. The van der Waals surface area contributed by atoms with Gasteiger partial charge >= 0.3 is 7.12 Å². The van der Waals surface area contributed by atoms with Gasteiger partial charge in [-0.15, -0.1) is 0 Å². The first-order valence-corrected chi connectivity index (χ1v) is 36.7. The van der Waals surface area contributed by atoms with Crippen molar-refractivity contribution in [1.29, 1.82) is 0 Å². The highest BCUT2D eigenvalue weighted by Gasteiger charge is 2.21.